The summed E-state index contributed by atoms with van der Waals surface area (Å²) >= 11 is 0. The van der Waals surface area contributed by atoms with Crippen molar-refractivity contribution in [2.75, 3.05) is 6.61 Å². The lowest BCUT2D eigenvalue weighted by Gasteiger charge is -2.04. The molecule has 5 heteroatoms. The number of carboxylic acids is 1. The topological polar surface area (TPSA) is 75.2 Å². The summed E-state index contributed by atoms with van der Waals surface area (Å²) in [6, 6.07) is 0. The SMILES string of the molecule is O=C(O)Cc1ncc(C2CCCO2)[nH]1. The summed E-state index contributed by atoms with van der Waals surface area (Å²) in [7, 11) is 0. The molecule has 1 aromatic heterocycles. The molecule has 0 amide bonds. The van der Waals surface area contributed by atoms with E-state index in [1.54, 1.807) is 6.20 Å². The Morgan fingerprint density at radius 2 is 2.64 bits per heavy atom. The molecule has 2 heterocycles. The standard InChI is InChI=1S/C9H12N2O3/c12-9(13)4-8-10-5-6(11-8)7-2-1-3-14-7/h5,7H,1-4H2,(H,10,11)(H,12,13). The third-order valence-corrected chi connectivity index (χ3v) is 2.24. The molecular formula is C9H12N2O3. The van der Waals surface area contributed by atoms with Crippen LogP contribution in [0.1, 0.15) is 30.5 Å². The lowest BCUT2D eigenvalue weighted by molar-refractivity contribution is -0.136. The summed E-state index contributed by atoms with van der Waals surface area (Å²) in [5.41, 5.74) is 0.888. The first-order chi connectivity index (χ1) is 6.75. The van der Waals surface area contributed by atoms with Crippen molar-refractivity contribution in [2.45, 2.75) is 25.4 Å². The van der Waals surface area contributed by atoms with E-state index in [0.717, 1.165) is 25.1 Å². The van der Waals surface area contributed by atoms with Crippen LogP contribution < -0.4 is 0 Å². The molecule has 1 unspecified atom stereocenters. The summed E-state index contributed by atoms with van der Waals surface area (Å²) in [5, 5.41) is 8.55. The molecule has 14 heavy (non-hydrogen) atoms. The Labute approximate surface area is 81.1 Å². The number of imidazole rings is 1. The summed E-state index contributed by atoms with van der Waals surface area (Å²) in [6.45, 7) is 0.776. The van der Waals surface area contributed by atoms with Gasteiger partial charge in [0, 0.05) is 6.61 Å². The zero-order valence-corrected chi connectivity index (χ0v) is 7.69. The van der Waals surface area contributed by atoms with Crippen LogP contribution in [0.4, 0.5) is 0 Å². The number of carboxylic acid groups (broad SMARTS) is 1. The van der Waals surface area contributed by atoms with Crippen LogP contribution in [0.25, 0.3) is 0 Å². The monoisotopic (exact) mass is 196 g/mol. The van der Waals surface area contributed by atoms with Gasteiger partial charge >= 0.3 is 5.97 Å². The number of aromatic amines is 1. The highest BCUT2D eigenvalue weighted by Crippen LogP contribution is 2.26. The van der Waals surface area contributed by atoms with E-state index < -0.39 is 5.97 Å². The molecule has 5 nitrogen and oxygen atoms in total. The lowest BCUT2D eigenvalue weighted by Crippen LogP contribution is -2.02. The summed E-state index contributed by atoms with van der Waals surface area (Å²) in [5.74, 6) is -0.388. The Balaban J connectivity index is 2.05. The summed E-state index contributed by atoms with van der Waals surface area (Å²) < 4.78 is 5.44. The second kappa shape index (κ2) is 3.79. The van der Waals surface area contributed by atoms with Gasteiger partial charge < -0.3 is 14.8 Å². The highest BCUT2D eigenvalue weighted by molar-refractivity contribution is 5.68. The van der Waals surface area contributed by atoms with Gasteiger partial charge in [0.25, 0.3) is 0 Å². The largest absolute Gasteiger partial charge is 0.481 e. The van der Waals surface area contributed by atoms with Crippen LogP contribution >= 0.6 is 0 Å². The van der Waals surface area contributed by atoms with Gasteiger partial charge in [-0.3, -0.25) is 4.79 Å². The van der Waals surface area contributed by atoms with Gasteiger partial charge in [-0.1, -0.05) is 0 Å². The van der Waals surface area contributed by atoms with E-state index in [1.165, 1.54) is 0 Å². The van der Waals surface area contributed by atoms with E-state index in [4.69, 9.17) is 9.84 Å². The fraction of sp³-hybridized carbons (Fsp3) is 0.556. The number of rotatable bonds is 3. The fourth-order valence-corrected chi connectivity index (χ4v) is 1.60. The third kappa shape index (κ3) is 1.93. The molecule has 1 fully saturated rings. The number of carbonyl (C=O) groups is 1. The summed E-state index contributed by atoms with van der Waals surface area (Å²) in [6.07, 6.45) is 3.71. The maximum Gasteiger partial charge on any atom is 0.311 e. The van der Waals surface area contributed by atoms with Gasteiger partial charge in [-0.15, -0.1) is 0 Å². The van der Waals surface area contributed by atoms with Crippen LogP contribution in [0.15, 0.2) is 6.20 Å². The number of hydrogen-bond acceptors (Lipinski definition) is 3. The average molecular weight is 196 g/mol. The molecule has 0 spiro atoms. The van der Waals surface area contributed by atoms with Gasteiger partial charge in [0.1, 0.15) is 12.2 Å². The number of aromatic nitrogens is 2. The second-order valence-corrected chi connectivity index (χ2v) is 3.36. The predicted octanol–water partition coefficient (Wildman–Crippen LogP) is 0.888. The van der Waals surface area contributed by atoms with Crippen LogP contribution in [0.5, 0.6) is 0 Å². The average Bonchev–Trinajstić information content (AvgIpc) is 2.69. The molecule has 0 aliphatic carbocycles. The predicted molar refractivity (Wildman–Crippen MR) is 47.9 cm³/mol. The van der Waals surface area contributed by atoms with Crippen molar-refractivity contribution >= 4 is 5.97 Å². The maximum absolute atomic E-state index is 10.4. The molecule has 1 saturated heterocycles. The minimum atomic E-state index is -0.877. The van der Waals surface area contributed by atoms with Gasteiger partial charge in [0.05, 0.1) is 18.0 Å². The van der Waals surface area contributed by atoms with Crippen molar-refractivity contribution in [3.8, 4) is 0 Å². The first-order valence-corrected chi connectivity index (χ1v) is 4.63. The molecular weight excluding hydrogens is 184 g/mol. The van der Waals surface area contributed by atoms with Gasteiger partial charge in [0.2, 0.25) is 0 Å². The van der Waals surface area contributed by atoms with Crippen LogP contribution in [0.3, 0.4) is 0 Å². The number of hydrogen-bond donors (Lipinski definition) is 2. The highest BCUT2D eigenvalue weighted by Gasteiger charge is 2.19. The first kappa shape index (κ1) is 9.21. The van der Waals surface area contributed by atoms with Crippen molar-refractivity contribution in [2.24, 2.45) is 0 Å². The number of ether oxygens (including phenoxy) is 1. The van der Waals surface area contributed by atoms with Crippen molar-refractivity contribution in [3.05, 3.63) is 17.7 Å². The quantitative estimate of drug-likeness (QED) is 0.752. The molecule has 2 rings (SSSR count). The molecule has 2 N–H and O–H groups in total. The Morgan fingerprint density at radius 1 is 1.79 bits per heavy atom. The molecule has 1 aliphatic heterocycles. The number of nitrogens with one attached hydrogen (secondary N) is 1. The molecule has 1 aromatic rings. The van der Waals surface area contributed by atoms with Crippen molar-refractivity contribution in [3.63, 3.8) is 0 Å². The van der Waals surface area contributed by atoms with Crippen LogP contribution in [-0.2, 0) is 16.0 Å². The Bertz CT molecular complexity index is 329. The smallest absolute Gasteiger partial charge is 0.311 e. The minimum Gasteiger partial charge on any atom is -0.481 e. The zero-order chi connectivity index (χ0) is 9.97. The van der Waals surface area contributed by atoms with E-state index in [-0.39, 0.29) is 12.5 Å². The van der Waals surface area contributed by atoms with Gasteiger partial charge in [-0.05, 0) is 12.8 Å². The van der Waals surface area contributed by atoms with Gasteiger partial charge in [0.15, 0.2) is 0 Å². The third-order valence-electron chi connectivity index (χ3n) is 2.24. The Morgan fingerprint density at radius 3 is 3.29 bits per heavy atom. The van der Waals surface area contributed by atoms with E-state index in [9.17, 15) is 4.79 Å². The Hall–Kier alpha value is -1.36. The zero-order valence-electron chi connectivity index (χ0n) is 7.69. The van der Waals surface area contributed by atoms with E-state index in [1.807, 2.05) is 0 Å². The second-order valence-electron chi connectivity index (χ2n) is 3.36. The molecule has 76 valence electrons. The lowest BCUT2D eigenvalue weighted by atomic mass is 10.2. The summed E-state index contributed by atoms with van der Waals surface area (Å²) in [4.78, 5) is 17.4. The van der Waals surface area contributed by atoms with E-state index in [2.05, 4.69) is 9.97 Å². The van der Waals surface area contributed by atoms with Crippen molar-refractivity contribution in [1.29, 1.82) is 0 Å². The molecule has 0 bridgehead atoms. The molecule has 1 atom stereocenters. The Kier molecular flexibility index (Phi) is 2.49. The minimum absolute atomic E-state index is 0.0628. The van der Waals surface area contributed by atoms with Crippen molar-refractivity contribution in [1.82, 2.24) is 9.97 Å². The first-order valence-electron chi connectivity index (χ1n) is 4.63. The van der Waals surface area contributed by atoms with Crippen LogP contribution in [0.2, 0.25) is 0 Å². The normalized spacial score (nSPS) is 21.3. The maximum atomic E-state index is 10.4. The van der Waals surface area contributed by atoms with Gasteiger partial charge in [-0.2, -0.15) is 0 Å². The van der Waals surface area contributed by atoms with Gasteiger partial charge in [-0.25, -0.2) is 4.98 Å². The molecule has 0 aromatic carbocycles. The highest BCUT2D eigenvalue weighted by atomic mass is 16.5. The van der Waals surface area contributed by atoms with E-state index in [0.29, 0.717) is 5.82 Å². The van der Waals surface area contributed by atoms with Crippen LogP contribution in [0, 0.1) is 0 Å². The van der Waals surface area contributed by atoms with E-state index >= 15 is 0 Å². The molecule has 0 saturated carbocycles. The molecule has 1 aliphatic rings. The number of H-pyrrole nitrogens is 1. The fourth-order valence-electron chi connectivity index (χ4n) is 1.60. The number of nitrogens with zero attached hydrogens (tertiary/aromatic N) is 1. The van der Waals surface area contributed by atoms with Crippen LogP contribution in [-0.4, -0.2) is 27.7 Å². The number of aliphatic carboxylic acids is 1. The molecule has 0 radical (unpaired) electrons. The van der Waals surface area contributed by atoms with Crippen molar-refractivity contribution < 1.29 is 14.6 Å².